The maximum Gasteiger partial charge on any atom is 0.274 e. The Morgan fingerprint density at radius 1 is 1.08 bits per heavy atom. The summed E-state index contributed by atoms with van der Waals surface area (Å²) in [5, 5.41) is 17.6. The number of nitrogens with one attached hydrogen (secondary N) is 2. The quantitative estimate of drug-likeness (QED) is 0.299. The molecule has 8 heteroatoms. The third-order valence-corrected chi connectivity index (χ3v) is 8.44. The Balaban J connectivity index is 1.31. The number of thiophene rings is 1. The summed E-state index contributed by atoms with van der Waals surface area (Å²) in [6.45, 7) is 4.47. The number of hydrogen-bond donors (Lipinski definition) is 3. The van der Waals surface area contributed by atoms with E-state index in [2.05, 4.69) is 20.7 Å². The minimum atomic E-state index is -0.302. The van der Waals surface area contributed by atoms with Gasteiger partial charge in [-0.15, -0.1) is 11.3 Å². The number of benzene rings is 2. The van der Waals surface area contributed by atoms with Crippen molar-refractivity contribution in [3.8, 4) is 0 Å². The maximum absolute atomic E-state index is 13.3. The van der Waals surface area contributed by atoms with E-state index in [1.165, 1.54) is 16.2 Å². The van der Waals surface area contributed by atoms with Gasteiger partial charge in [0.15, 0.2) is 0 Å². The van der Waals surface area contributed by atoms with E-state index in [9.17, 15) is 14.7 Å². The molecule has 0 radical (unpaired) electrons. The summed E-state index contributed by atoms with van der Waals surface area (Å²) in [4.78, 5) is 30.0. The first-order valence-electron chi connectivity index (χ1n) is 13.3. The number of rotatable bonds is 7. The highest BCUT2D eigenvalue weighted by molar-refractivity contribution is 7.17. The van der Waals surface area contributed by atoms with Crippen LogP contribution in [0.2, 0.25) is 0 Å². The predicted molar refractivity (Wildman–Crippen MR) is 152 cm³/mol. The fraction of sp³-hybridized carbons (Fsp3) is 0.367. The Morgan fingerprint density at radius 2 is 1.84 bits per heavy atom. The molecule has 3 aromatic rings. The standard InChI is InChI=1S/C30H34N4O3S/c1-20-9-11-21(12-10-20)18-31-33-29(37)27-25-7-2-3-8-26(25)38-30(27)32-28(36)23-6-4-5-22(17-23)19-34-15-13-24(35)14-16-34/h4-6,9-12,17-18,24,35H,2-3,7-8,13-16,19H2,1H3,(H,32,36)(H,33,37)/b31-18+. The molecule has 1 aromatic heterocycles. The average Bonchev–Trinajstić information content (AvgIpc) is 3.29. The van der Waals surface area contributed by atoms with Gasteiger partial charge in [-0.05, 0) is 74.3 Å². The van der Waals surface area contributed by atoms with Crippen LogP contribution in [0.25, 0.3) is 0 Å². The van der Waals surface area contributed by atoms with Crippen molar-refractivity contribution in [1.82, 2.24) is 10.3 Å². The van der Waals surface area contributed by atoms with Crippen molar-refractivity contribution in [2.24, 2.45) is 5.10 Å². The largest absolute Gasteiger partial charge is 0.393 e. The fourth-order valence-corrected chi connectivity index (χ4v) is 6.37. The summed E-state index contributed by atoms with van der Waals surface area (Å²) in [7, 11) is 0. The van der Waals surface area contributed by atoms with E-state index in [0.29, 0.717) is 16.1 Å². The van der Waals surface area contributed by atoms with Crippen molar-refractivity contribution >= 4 is 34.4 Å². The lowest BCUT2D eigenvalue weighted by molar-refractivity contribution is 0.0792. The number of hydrogen-bond acceptors (Lipinski definition) is 6. The Hall–Kier alpha value is -3.33. The fourth-order valence-electron chi connectivity index (χ4n) is 5.09. The monoisotopic (exact) mass is 530 g/mol. The molecule has 198 valence electrons. The van der Waals surface area contributed by atoms with Crippen LogP contribution in [0.1, 0.15) is 73.5 Å². The molecule has 0 spiro atoms. The highest BCUT2D eigenvalue weighted by Crippen LogP contribution is 2.38. The topological polar surface area (TPSA) is 94.0 Å². The van der Waals surface area contributed by atoms with Crippen LogP contribution >= 0.6 is 11.3 Å². The van der Waals surface area contributed by atoms with Crippen LogP contribution in [0, 0.1) is 6.92 Å². The molecule has 1 saturated heterocycles. The van der Waals surface area contributed by atoms with Crippen LogP contribution in [0.5, 0.6) is 0 Å². The molecule has 2 heterocycles. The predicted octanol–water partition coefficient (Wildman–Crippen LogP) is 4.91. The molecular formula is C30H34N4O3S. The molecule has 0 saturated carbocycles. The third-order valence-electron chi connectivity index (χ3n) is 7.23. The van der Waals surface area contributed by atoms with E-state index in [1.54, 1.807) is 12.3 Å². The summed E-state index contributed by atoms with van der Waals surface area (Å²) in [5.74, 6) is -0.527. The zero-order chi connectivity index (χ0) is 26.5. The number of piperidine rings is 1. The lowest BCUT2D eigenvalue weighted by atomic mass is 9.95. The van der Waals surface area contributed by atoms with Crippen LogP contribution < -0.4 is 10.7 Å². The number of carbonyl (C=O) groups is 2. The van der Waals surface area contributed by atoms with E-state index in [-0.39, 0.29) is 17.9 Å². The lowest BCUT2D eigenvalue weighted by Gasteiger charge is -2.29. The lowest BCUT2D eigenvalue weighted by Crippen LogP contribution is -2.35. The number of amides is 2. The molecule has 0 bridgehead atoms. The van der Waals surface area contributed by atoms with E-state index in [4.69, 9.17) is 0 Å². The number of anilines is 1. The molecule has 1 fully saturated rings. The number of aliphatic hydroxyl groups is 1. The van der Waals surface area contributed by atoms with Gasteiger partial charge in [0.25, 0.3) is 11.8 Å². The molecule has 5 rings (SSSR count). The molecule has 1 aliphatic heterocycles. The second-order valence-electron chi connectivity index (χ2n) is 10.2. The first-order valence-corrected chi connectivity index (χ1v) is 14.1. The van der Waals surface area contributed by atoms with Gasteiger partial charge >= 0.3 is 0 Å². The van der Waals surface area contributed by atoms with E-state index in [1.807, 2.05) is 49.4 Å². The first-order chi connectivity index (χ1) is 18.5. The highest BCUT2D eigenvalue weighted by Gasteiger charge is 2.26. The van der Waals surface area contributed by atoms with Gasteiger partial charge in [0.1, 0.15) is 5.00 Å². The number of aliphatic hydroxyl groups excluding tert-OH is 1. The normalized spacial score (nSPS) is 16.4. The van der Waals surface area contributed by atoms with Crippen LogP contribution in [-0.2, 0) is 19.4 Å². The Kier molecular flexibility index (Phi) is 8.32. The van der Waals surface area contributed by atoms with Crippen LogP contribution in [0.3, 0.4) is 0 Å². The maximum atomic E-state index is 13.3. The third kappa shape index (κ3) is 6.38. The zero-order valence-corrected chi connectivity index (χ0v) is 22.5. The molecule has 0 atom stereocenters. The summed E-state index contributed by atoms with van der Waals surface area (Å²) in [6, 6.07) is 15.5. The minimum absolute atomic E-state index is 0.209. The summed E-state index contributed by atoms with van der Waals surface area (Å²) in [5.41, 5.74) is 7.91. The Morgan fingerprint density at radius 3 is 2.63 bits per heavy atom. The van der Waals surface area contributed by atoms with E-state index in [0.717, 1.165) is 80.4 Å². The smallest absolute Gasteiger partial charge is 0.274 e. The van der Waals surface area contributed by atoms with Crippen molar-refractivity contribution < 1.29 is 14.7 Å². The molecular weight excluding hydrogens is 496 g/mol. The van der Waals surface area contributed by atoms with E-state index < -0.39 is 0 Å². The van der Waals surface area contributed by atoms with Gasteiger partial charge in [0.2, 0.25) is 0 Å². The molecule has 2 amide bonds. The van der Waals surface area contributed by atoms with Crippen molar-refractivity contribution in [3.05, 3.63) is 86.8 Å². The minimum Gasteiger partial charge on any atom is -0.393 e. The number of carbonyl (C=O) groups excluding carboxylic acids is 2. The van der Waals surface area contributed by atoms with Gasteiger partial charge in [-0.1, -0.05) is 42.0 Å². The molecule has 7 nitrogen and oxygen atoms in total. The molecule has 2 aliphatic rings. The molecule has 3 N–H and O–H groups in total. The summed E-state index contributed by atoms with van der Waals surface area (Å²) < 4.78 is 0. The van der Waals surface area contributed by atoms with Gasteiger partial charge in [0, 0.05) is 30.1 Å². The van der Waals surface area contributed by atoms with Crippen molar-refractivity contribution in [3.63, 3.8) is 0 Å². The number of likely N-dealkylation sites (tertiary alicyclic amines) is 1. The van der Waals surface area contributed by atoms with Crippen LogP contribution in [-0.4, -0.2) is 47.2 Å². The van der Waals surface area contributed by atoms with Gasteiger partial charge in [-0.2, -0.15) is 5.10 Å². The zero-order valence-electron chi connectivity index (χ0n) is 21.7. The van der Waals surface area contributed by atoms with Gasteiger partial charge in [-0.25, -0.2) is 5.43 Å². The summed E-state index contributed by atoms with van der Waals surface area (Å²) in [6.07, 6.45) is 6.84. The molecule has 0 unspecified atom stereocenters. The van der Waals surface area contributed by atoms with Gasteiger partial charge in [0.05, 0.1) is 17.9 Å². The molecule has 2 aromatic carbocycles. The SMILES string of the molecule is Cc1ccc(/C=N/NC(=O)c2c(NC(=O)c3cccc(CN4CCC(O)CC4)c3)sc3c2CCCC3)cc1. The first kappa shape index (κ1) is 26.3. The van der Waals surface area contributed by atoms with Crippen LogP contribution in [0.4, 0.5) is 5.00 Å². The van der Waals surface area contributed by atoms with Crippen molar-refractivity contribution in [2.75, 3.05) is 18.4 Å². The van der Waals surface area contributed by atoms with Crippen LogP contribution in [0.15, 0.2) is 53.6 Å². The molecule has 1 aliphatic carbocycles. The van der Waals surface area contributed by atoms with E-state index >= 15 is 0 Å². The van der Waals surface area contributed by atoms with Gasteiger partial charge in [-0.3, -0.25) is 14.5 Å². The van der Waals surface area contributed by atoms with Gasteiger partial charge < -0.3 is 10.4 Å². The number of aryl methyl sites for hydroxylation is 2. The second-order valence-corrected chi connectivity index (χ2v) is 11.3. The number of hydrazone groups is 1. The Labute approximate surface area is 227 Å². The van der Waals surface area contributed by atoms with Crippen molar-refractivity contribution in [2.45, 2.75) is 58.1 Å². The summed E-state index contributed by atoms with van der Waals surface area (Å²) >= 11 is 1.50. The number of nitrogens with zero attached hydrogens (tertiary/aromatic N) is 2. The highest BCUT2D eigenvalue weighted by atomic mass is 32.1. The Bertz CT molecular complexity index is 1320. The van der Waals surface area contributed by atoms with Crippen molar-refractivity contribution in [1.29, 1.82) is 0 Å². The number of fused-ring (bicyclic) bond motifs is 1. The second kappa shape index (κ2) is 12.0. The average molecular weight is 531 g/mol. The molecule has 38 heavy (non-hydrogen) atoms.